The Morgan fingerprint density at radius 1 is 0.938 bits per heavy atom. The molecule has 0 aromatic heterocycles. The number of para-hydroxylation sites is 1. The van der Waals surface area contributed by atoms with Crippen molar-refractivity contribution in [3.8, 4) is 6.07 Å². The van der Waals surface area contributed by atoms with Gasteiger partial charge in [0.05, 0.1) is 19.0 Å². The standard InChI is InChI=1S/C23H25N5O4/c24-13-4-14-28(19-5-2-1-3-6-19)22(31)12-11-21(30)26-15-17-7-9-18(10-8-17)23(32)27-16-20(25)29/h1-3,5-10H,4,11-12,14-16H2,(H2,25,29)(H,26,30)(H,27,32). The van der Waals surface area contributed by atoms with E-state index in [1.54, 1.807) is 48.5 Å². The number of hydrogen-bond donors (Lipinski definition) is 3. The summed E-state index contributed by atoms with van der Waals surface area (Å²) in [5.74, 6) is -1.56. The maximum absolute atomic E-state index is 12.6. The van der Waals surface area contributed by atoms with Gasteiger partial charge in [0.1, 0.15) is 0 Å². The van der Waals surface area contributed by atoms with Gasteiger partial charge >= 0.3 is 0 Å². The molecule has 0 saturated heterocycles. The molecular weight excluding hydrogens is 410 g/mol. The van der Waals surface area contributed by atoms with Gasteiger partial charge in [-0.15, -0.1) is 0 Å². The summed E-state index contributed by atoms with van der Waals surface area (Å²) in [4.78, 5) is 48.9. The van der Waals surface area contributed by atoms with Crippen LogP contribution in [0.5, 0.6) is 0 Å². The molecule has 9 nitrogen and oxygen atoms in total. The fourth-order valence-corrected chi connectivity index (χ4v) is 2.86. The second-order valence-electron chi connectivity index (χ2n) is 6.91. The van der Waals surface area contributed by atoms with Crippen LogP contribution in [0.25, 0.3) is 0 Å². The largest absolute Gasteiger partial charge is 0.368 e. The molecule has 0 spiro atoms. The van der Waals surface area contributed by atoms with Crippen LogP contribution in [0.15, 0.2) is 54.6 Å². The number of hydrogen-bond acceptors (Lipinski definition) is 5. The number of carbonyl (C=O) groups is 4. The molecule has 0 atom stereocenters. The summed E-state index contributed by atoms with van der Waals surface area (Å²) in [7, 11) is 0. The van der Waals surface area contributed by atoms with E-state index in [1.807, 2.05) is 12.1 Å². The first-order valence-corrected chi connectivity index (χ1v) is 10.0. The zero-order valence-corrected chi connectivity index (χ0v) is 17.5. The second kappa shape index (κ2) is 12.5. The molecule has 2 aromatic rings. The molecule has 0 aliphatic rings. The number of nitriles is 1. The Labute approximate surface area is 186 Å². The lowest BCUT2D eigenvalue weighted by molar-refractivity contribution is -0.125. The first kappa shape index (κ1) is 24.1. The predicted octanol–water partition coefficient (Wildman–Crippen LogP) is 1.24. The van der Waals surface area contributed by atoms with Gasteiger partial charge in [-0.05, 0) is 29.8 Å². The molecule has 0 aliphatic carbocycles. The van der Waals surface area contributed by atoms with Gasteiger partial charge < -0.3 is 21.3 Å². The Morgan fingerprint density at radius 3 is 2.25 bits per heavy atom. The number of nitrogens with two attached hydrogens (primary N) is 1. The van der Waals surface area contributed by atoms with Gasteiger partial charge in [0, 0.05) is 37.2 Å². The van der Waals surface area contributed by atoms with Crippen molar-refractivity contribution in [2.75, 3.05) is 18.0 Å². The molecule has 2 aromatic carbocycles. The highest BCUT2D eigenvalue weighted by Gasteiger charge is 2.16. The number of anilines is 1. The number of nitrogens with one attached hydrogen (secondary N) is 2. The van der Waals surface area contributed by atoms with Crippen LogP contribution in [0.2, 0.25) is 0 Å². The van der Waals surface area contributed by atoms with Crippen LogP contribution in [0.3, 0.4) is 0 Å². The van der Waals surface area contributed by atoms with E-state index in [1.165, 1.54) is 4.90 Å². The highest BCUT2D eigenvalue weighted by molar-refractivity contribution is 5.96. The number of benzene rings is 2. The van der Waals surface area contributed by atoms with Crippen molar-refractivity contribution in [2.45, 2.75) is 25.8 Å². The van der Waals surface area contributed by atoms with Gasteiger partial charge in [0.25, 0.3) is 5.91 Å². The lowest BCUT2D eigenvalue weighted by Crippen LogP contribution is -2.33. The number of rotatable bonds is 11. The third-order valence-electron chi connectivity index (χ3n) is 4.51. The summed E-state index contributed by atoms with van der Waals surface area (Å²) in [6.07, 6.45) is 0.233. The van der Waals surface area contributed by atoms with Crippen LogP contribution in [-0.2, 0) is 20.9 Å². The number of amides is 4. The molecule has 0 bridgehead atoms. The van der Waals surface area contributed by atoms with Gasteiger partial charge in [0.15, 0.2) is 0 Å². The lowest BCUT2D eigenvalue weighted by atomic mass is 10.1. The van der Waals surface area contributed by atoms with Crippen molar-refractivity contribution in [1.82, 2.24) is 10.6 Å². The zero-order valence-electron chi connectivity index (χ0n) is 17.5. The summed E-state index contributed by atoms with van der Waals surface area (Å²) >= 11 is 0. The highest BCUT2D eigenvalue weighted by Crippen LogP contribution is 2.15. The van der Waals surface area contributed by atoms with Crippen LogP contribution >= 0.6 is 0 Å². The highest BCUT2D eigenvalue weighted by atomic mass is 16.2. The Balaban J connectivity index is 1.82. The van der Waals surface area contributed by atoms with E-state index in [4.69, 9.17) is 11.0 Å². The quantitative estimate of drug-likeness (QED) is 0.486. The number of primary amides is 1. The molecule has 2 rings (SSSR count). The van der Waals surface area contributed by atoms with E-state index < -0.39 is 11.8 Å². The molecule has 0 saturated carbocycles. The fraction of sp³-hybridized carbons (Fsp3) is 0.261. The molecule has 4 amide bonds. The molecule has 166 valence electrons. The van der Waals surface area contributed by atoms with Crippen molar-refractivity contribution in [2.24, 2.45) is 5.73 Å². The molecule has 9 heteroatoms. The van der Waals surface area contributed by atoms with Crippen molar-refractivity contribution in [1.29, 1.82) is 5.26 Å². The van der Waals surface area contributed by atoms with E-state index in [0.717, 1.165) is 5.56 Å². The Kier molecular flexibility index (Phi) is 9.40. The minimum Gasteiger partial charge on any atom is -0.368 e. The topological polar surface area (TPSA) is 145 Å². The maximum atomic E-state index is 12.6. The lowest BCUT2D eigenvalue weighted by Gasteiger charge is -2.21. The van der Waals surface area contributed by atoms with E-state index in [-0.39, 0.29) is 50.7 Å². The first-order chi connectivity index (χ1) is 15.4. The first-order valence-electron chi connectivity index (χ1n) is 10.0. The van der Waals surface area contributed by atoms with Gasteiger partial charge in [-0.1, -0.05) is 30.3 Å². The summed E-state index contributed by atoms with van der Waals surface area (Å²) < 4.78 is 0. The third-order valence-corrected chi connectivity index (χ3v) is 4.51. The Bertz CT molecular complexity index is 984. The summed E-state index contributed by atoms with van der Waals surface area (Å²) in [6.45, 7) is 0.265. The van der Waals surface area contributed by atoms with E-state index in [0.29, 0.717) is 11.3 Å². The minimum absolute atomic E-state index is 0.0162. The van der Waals surface area contributed by atoms with E-state index in [2.05, 4.69) is 10.6 Å². The molecule has 32 heavy (non-hydrogen) atoms. The average molecular weight is 435 g/mol. The SMILES string of the molecule is N#CCCN(C(=O)CCC(=O)NCc1ccc(C(=O)NCC(N)=O)cc1)c1ccccc1. The monoisotopic (exact) mass is 435 g/mol. The van der Waals surface area contributed by atoms with Crippen LogP contribution in [0, 0.1) is 11.3 Å². The van der Waals surface area contributed by atoms with Crippen LogP contribution < -0.4 is 21.3 Å². The smallest absolute Gasteiger partial charge is 0.251 e. The predicted molar refractivity (Wildman–Crippen MR) is 118 cm³/mol. The van der Waals surface area contributed by atoms with Gasteiger partial charge in [-0.3, -0.25) is 19.2 Å². The van der Waals surface area contributed by atoms with E-state index >= 15 is 0 Å². The van der Waals surface area contributed by atoms with Gasteiger partial charge in [-0.25, -0.2) is 0 Å². The fourth-order valence-electron chi connectivity index (χ4n) is 2.86. The summed E-state index contributed by atoms with van der Waals surface area (Å²) in [6, 6.07) is 17.6. The third kappa shape index (κ3) is 7.91. The van der Waals surface area contributed by atoms with Crippen molar-refractivity contribution in [3.63, 3.8) is 0 Å². The van der Waals surface area contributed by atoms with Crippen molar-refractivity contribution in [3.05, 3.63) is 65.7 Å². The van der Waals surface area contributed by atoms with Crippen molar-refractivity contribution < 1.29 is 19.2 Å². The molecule has 0 unspecified atom stereocenters. The van der Waals surface area contributed by atoms with Crippen molar-refractivity contribution >= 4 is 29.3 Å². The summed E-state index contributed by atoms with van der Waals surface area (Å²) in [5.41, 5.74) is 6.82. The van der Waals surface area contributed by atoms with Crippen LogP contribution in [0.4, 0.5) is 5.69 Å². The Morgan fingerprint density at radius 2 is 1.62 bits per heavy atom. The van der Waals surface area contributed by atoms with Crippen LogP contribution in [-0.4, -0.2) is 36.7 Å². The molecule has 4 N–H and O–H groups in total. The molecular formula is C23H25N5O4. The zero-order chi connectivity index (χ0) is 23.3. The molecule has 0 heterocycles. The minimum atomic E-state index is -0.631. The number of nitrogens with zero attached hydrogens (tertiary/aromatic N) is 2. The van der Waals surface area contributed by atoms with E-state index in [9.17, 15) is 19.2 Å². The average Bonchev–Trinajstić information content (AvgIpc) is 2.81. The van der Waals surface area contributed by atoms with Gasteiger partial charge in [0.2, 0.25) is 17.7 Å². The maximum Gasteiger partial charge on any atom is 0.251 e. The van der Waals surface area contributed by atoms with Crippen LogP contribution in [0.1, 0.15) is 35.2 Å². The van der Waals surface area contributed by atoms with Gasteiger partial charge in [-0.2, -0.15) is 5.26 Å². The molecule has 0 radical (unpaired) electrons. The molecule has 0 aliphatic heterocycles. The summed E-state index contributed by atoms with van der Waals surface area (Å²) in [5, 5.41) is 14.0. The normalized spacial score (nSPS) is 9.97. The number of carbonyl (C=O) groups excluding carboxylic acids is 4. The Hall–Kier alpha value is -4.19. The molecule has 0 fully saturated rings. The second-order valence-corrected chi connectivity index (χ2v) is 6.91.